The van der Waals surface area contributed by atoms with Crippen LogP contribution in [-0.2, 0) is 4.79 Å². The molecule has 0 radical (unpaired) electrons. The van der Waals surface area contributed by atoms with Gasteiger partial charge in [-0.2, -0.15) is 0 Å². The minimum Gasteiger partial charge on any atom is -0.490 e. The molecule has 1 aliphatic rings. The van der Waals surface area contributed by atoms with Crippen LogP contribution in [0.25, 0.3) is 6.08 Å². The molecule has 26 heavy (non-hydrogen) atoms. The van der Waals surface area contributed by atoms with Crippen LogP contribution in [0.1, 0.15) is 5.56 Å². The van der Waals surface area contributed by atoms with Crippen LogP contribution >= 0.6 is 24.0 Å². The molecule has 0 N–H and O–H groups in total. The van der Waals surface area contributed by atoms with Crippen molar-refractivity contribution in [2.24, 2.45) is 0 Å². The zero-order valence-electron chi connectivity index (χ0n) is 13.3. The molecule has 0 aliphatic carbocycles. The third-order valence-corrected chi connectivity index (χ3v) is 4.86. The number of carbonyl (C=O) groups excluding carboxylic acids is 1. The molecule has 1 aliphatic heterocycles. The average molecular weight is 390 g/mol. The van der Waals surface area contributed by atoms with E-state index in [1.165, 1.54) is 48.4 Å². The molecule has 2 aromatic carbocycles. The number of halogens is 1. The van der Waals surface area contributed by atoms with E-state index >= 15 is 0 Å². The number of nitro groups is 1. The number of anilines is 1. The van der Waals surface area contributed by atoms with Crippen LogP contribution in [0, 0.1) is 15.9 Å². The van der Waals surface area contributed by atoms with Crippen molar-refractivity contribution in [3.8, 4) is 5.75 Å². The molecule has 1 saturated heterocycles. The highest BCUT2D eigenvalue weighted by Crippen LogP contribution is 2.37. The Labute approximate surface area is 157 Å². The van der Waals surface area contributed by atoms with Gasteiger partial charge in [0.1, 0.15) is 5.82 Å². The maximum Gasteiger partial charge on any atom is 0.311 e. The third-order valence-electron chi connectivity index (χ3n) is 3.56. The molecule has 132 valence electrons. The number of rotatable bonds is 4. The van der Waals surface area contributed by atoms with Gasteiger partial charge in [0.05, 0.1) is 22.6 Å². The predicted octanol–water partition coefficient (Wildman–Crippen LogP) is 4.15. The van der Waals surface area contributed by atoms with Gasteiger partial charge < -0.3 is 4.74 Å². The zero-order valence-corrected chi connectivity index (χ0v) is 15.0. The largest absolute Gasteiger partial charge is 0.490 e. The molecule has 6 nitrogen and oxygen atoms in total. The number of thiocarbonyl (C=S) groups is 1. The van der Waals surface area contributed by atoms with Crippen LogP contribution in [0.5, 0.6) is 5.75 Å². The zero-order chi connectivity index (χ0) is 18.8. The summed E-state index contributed by atoms with van der Waals surface area (Å²) in [7, 11) is 1.34. The van der Waals surface area contributed by atoms with Gasteiger partial charge in [0.25, 0.3) is 5.91 Å². The fourth-order valence-electron chi connectivity index (χ4n) is 2.40. The van der Waals surface area contributed by atoms with Gasteiger partial charge in [-0.3, -0.25) is 19.8 Å². The van der Waals surface area contributed by atoms with Gasteiger partial charge in [-0.25, -0.2) is 4.39 Å². The van der Waals surface area contributed by atoms with E-state index in [4.69, 9.17) is 17.0 Å². The van der Waals surface area contributed by atoms with Gasteiger partial charge >= 0.3 is 5.69 Å². The van der Waals surface area contributed by atoms with Crippen molar-refractivity contribution in [1.82, 2.24) is 0 Å². The van der Waals surface area contributed by atoms with E-state index < -0.39 is 16.6 Å². The summed E-state index contributed by atoms with van der Waals surface area (Å²) in [6.45, 7) is 0. The van der Waals surface area contributed by atoms with Crippen molar-refractivity contribution in [2.45, 2.75) is 0 Å². The number of benzene rings is 2. The Bertz CT molecular complexity index is 962. The fraction of sp³-hybridized carbons (Fsp3) is 0.0588. The molecule has 3 rings (SSSR count). The lowest BCUT2D eigenvalue weighted by Gasteiger charge is -2.14. The minimum absolute atomic E-state index is 0.124. The molecule has 1 heterocycles. The highest BCUT2D eigenvalue weighted by atomic mass is 32.2. The first kappa shape index (κ1) is 18.0. The summed E-state index contributed by atoms with van der Waals surface area (Å²) in [5, 5.41) is 11.1. The Morgan fingerprint density at radius 3 is 2.73 bits per heavy atom. The number of nitrogens with zero attached hydrogens (tertiary/aromatic N) is 2. The van der Waals surface area contributed by atoms with Crippen LogP contribution in [0.3, 0.4) is 0 Å². The van der Waals surface area contributed by atoms with Crippen LogP contribution in [0.2, 0.25) is 0 Å². The van der Waals surface area contributed by atoms with Crippen LogP contribution < -0.4 is 9.64 Å². The maximum absolute atomic E-state index is 13.4. The van der Waals surface area contributed by atoms with Gasteiger partial charge in [-0.15, -0.1) is 0 Å². The monoisotopic (exact) mass is 390 g/mol. The number of hydrogen-bond acceptors (Lipinski definition) is 6. The number of thioether (sulfide) groups is 1. The summed E-state index contributed by atoms with van der Waals surface area (Å²) in [5.41, 5.74) is 0.579. The summed E-state index contributed by atoms with van der Waals surface area (Å²) < 4.78 is 18.6. The lowest BCUT2D eigenvalue weighted by molar-refractivity contribution is -0.385. The average Bonchev–Trinajstić information content (AvgIpc) is 2.88. The van der Waals surface area contributed by atoms with E-state index in [2.05, 4.69) is 0 Å². The fourth-order valence-corrected chi connectivity index (χ4v) is 3.70. The standard InChI is InChI=1S/C17H11FN2O4S2/c1-24-14-6-5-10(7-13(14)20(22)23)8-15-16(21)19(17(25)26-15)12-4-2-3-11(18)9-12/h2-9H,1H3/b15-8-. The number of hydrogen-bond donors (Lipinski definition) is 0. The molecule has 1 amide bonds. The van der Waals surface area contributed by atoms with Gasteiger partial charge in [0.15, 0.2) is 10.1 Å². The Hall–Kier alpha value is -2.78. The van der Waals surface area contributed by atoms with E-state index in [0.29, 0.717) is 16.2 Å². The van der Waals surface area contributed by atoms with Gasteiger partial charge in [0, 0.05) is 6.07 Å². The first-order valence-electron chi connectivity index (χ1n) is 7.26. The summed E-state index contributed by atoms with van der Waals surface area (Å²) in [4.78, 5) is 24.7. The smallest absolute Gasteiger partial charge is 0.311 e. The van der Waals surface area contributed by atoms with Gasteiger partial charge in [0.2, 0.25) is 0 Å². The van der Waals surface area contributed by atoms with Crippen molar-refractivity contribution < 1.29 is 18.8 Å². The van der Waals surface area contributed by atoms with E-state index in [9.17, 15) is 19.3 Å². The molecular formula is C17H11FN2O4S2. The SMILES string of the molecule is COc1ccc(/C=C2\SC(=S)N(c3cccc(F)c3)C2=O)cc1[N+](=O)[O-]. The van der Waals surface area contributed by atoms with Crippen molar-refractivity contribution in [3.63, 3.8) is 0 Å². The lowest BCUT2D eigenvalue weighted by atomic mass is 10.1. The van der Waals surface area contributed by atoms with E-state index in [-0.39, 0.29) is 15.8 Å². The lowest BCUT2D eigenvalue weighted by Crippen LogP contribution is -2.27. The normalized spacial score (nSPS) is 15.6. The second kappa shape index (κ2) is 7.22. The summed E-state index contributed by atoms with van der Waals surface area (Å²) in [6, 6.07) is 9.92. The first-order valence-corrected chi connectivity index (χ1v) is 8.49. The number of amides is 1. The molecule has 0 aromatic heterocycles. The summed E-state index contributed by atoms with van der Waals surface area (Å²) >= 11 is 6.27. The molecule has 9 heteroatoms. The van der Waals surface area contributed by atoms with E-state index in [1.807, 2.05) is 0 Å². The minimum atomic E-state index is -0.561. The Morgan fingerprint density at radius 1 is 1.31 bits per heavy atom. The van der Waals surface area contributed by atoms with E-state index in [0.717, 1.165) is 11.8 Å². The number of nitro benzene ring substituents is 1. The van der Waals surface area contributed by atoms with Crippen molar-refractivity contribution in [3.05, 3.63) is 68.9 Å². The topological polar surface area (TPSA) is 72.7 Å². The summed E-state index contributed by atoms with van der Waals surface area (Å²) in [6.07, 6.45) is 1.50. The molecule has 0 bridgehead atoms. The van der Waals surface area contributed by atoms with Gasteiger partial charge in [-0.1, -0.05) is 36.1 Å². The number of ether oxygens (including phenoxy) is 1. The highest BCUT2D eigenvalue weighted by molar-refractivity contribution is 8.27. The Morgan fingerprint density at radius 2 is 2.08 bits per heavy atom. The molecule has 0 saturated carbocycles. The quantitative estimate of drug-likeness (QED) is 0.338. The third kappa shape index (κ3) is 3.44. The molecule has 1 fully saturated rings. The predicted molar refractivity (Wildman–Crippen MR) is 102 cm³/mol. The Kier molecular flexibility index (Phi) is 5.01. The van der Waals surface area contributed by atoms with Crippen LogP contribution in [0.15, 0.2) is 47.4 Å². The highest BCUT2D eigenvalue weighted by Gasteiger charge is 2.33. The molecule has 2 aromatic rings. The second-order valence-corrected chi connectivity index (χ2v) is 6.86. The first-order chi connectivity index (χ1) is 12.4. The molecule has 0 atom stereocenters. The molecular weight excluding hydrogens is 379 g/mol. The van der Waals surface area contributed by atoms with Crippen LogP contribution in [0.4, 0.5) is 15.8 Å². The van der Waals surface area contributed by atoms with Gasteiger partial charge in [-0.05, 0) is 35.9 Å². The maximum atomic E-state index is 13.4. The van der Waals surface area contributed by atoms with Crippen molar-refractivity contribution >= 4 is 51.7 Å². The van der Waals surface area contributed by atoms with Crippen molar-refractivity contribution in [2.75, 3.05) is 12.0 Å². The molecule has 0 unspecified atom stereocenters. The number of carbonyl (C=O) groups is 1. The Balaban J connectivity index is 1.96. The van der Waals surface area contributed by atoms with Crippen molar-refractivity contribution in [1.29, 1.82) is 0 Å². The van der Waals surface area contributed by atoms with Crippen LogP contribution in [-0.4, -0.2) is 22.3 Å². The number of methoxy groups -OCH3 is 1. The second-order valence-electron chi connectivity index (χ2n) is 5.19. The van der Waals surface area contributed by atoms with E-state index in [1.54, 1.807) is 12.1 Å². The molecule has 0 spiro atoms. The summed E-state index contributed by atoms with van der Waals surface area (Å²) in [5.74, 6) is -0.769.